The molecule has 4 nitrogen and oxygen atoms in total. The van der Waals surface area contributed by atoms with Crippen molar-refractivity contribution in [1.82, 2.24) is 9.55 Å². The Balaban J connectivity index is 1.97. The first-order chi connectivity index (χ1) is 9.76. The first-order valence-electron chi connectivity index (χ1n) is 7.56. The molecular formula is C16H25N3O. The normalized spacial score (nSPS) is 11.1. The van der Waals surface area contributed by atoms with Crippen molar-refractivity contribution in [1.29, 1.82) is 0 Å². The van der Waals surface area contributed by atoms with Gasteiger partial charge in [-0.05, 0) is 18.6 Å². The molecule has 0 aliphatic heterocycles. The Kier molecular flexibility index (Phi) is 5.27. The lowest BCUT2D eigenvalue weighted by atomic mass is 10.1. The Morgan fingerprint density at radius 1 is 1.15 bits per heavy atom. The minimum absolute atomic E-state index is 0.599. The second kappa shape index (κ2) is 7.17. The lowest BCUT2D eigenvalue weighted by Crippen LogP contribution is -2.03. The number of imidazole rings is 1. The summed E-state index contributed by atoms with van der Waals surface area (Å²) in [6.07, 6.45) is 7.71. The van der Waals surface area contributed by atoms with Gasteiger partial charge in [0.2, 0.25) is 5.95 Å². The average Bonchev–Trinajstić information content (AvgIpc) is 2.77. The predicted octanol–water partition coefficient (Wildman–Crippen LogP) is 3.99. The van der Waals surface area contributed by atoms with E-state index in [1.807, 2.05) is 18.2 Å². The number of nitrogen functional groups attached to an aromatic ring is 1. The molecule has 20 heavy (non-hydrogen) atoms. The monoisotopic (exact) mass is 275 g/mol. The van der Waals surface area contributed by atoms with Gasteiger partial charge in [-0.2, -0.15) is 0 Å². The molecule has 0 spiro atoms. The Morgan fingerprint density at radius 3 is 2.65 bits per heavy atom. The molecule has 1 heterocycles. The van der Waals surface area contributed by atoms with Crippen molar-refractivity contribution in [2.24, 2.45) is 0 Å². The third-order valence-electron chi connectivity index (χ3n) is 3.72. The number of ether oxygens (including phenoxy) is 1. The van der Waals surface area contributed by atoms with Gasteiger partial charge in [0.15, 0.2) is 0 Å². The molecule has 1 aromatic heterocycles. The number of hydrogen-bond donors (Lipinski definition) is 1. The standard InChI is InChI=1S/C16H25N3O/c1-3-4-5-6-7-8-11-19-15-10-9-13(20-2)12-14(15)18-16(19)17/h9-10,12H,3-8,11H2,1-2H3,(H2,17,18). The summed E-state index contributed by atoms with van der Waals surface area (Å²) in [4.78, 5) is 4.41. The van der Waals surface area contributed by atoms with Crippen molar-refractivity contribution >= 4 is 17.0 Å². The number of benzene rings is 1. The van der Waals surface area contributed by atoms with E-state index in [2.05, 4.69) is 16.5 Å². The van der Waals surface area contributed by atoms with Crippen molar-refractivity contribution in [2.45, 2.75) is 52.0 Å². The summed E-state index contributed by atoms with van der Waals surface area (Å²) in [6, 6.07) is 5.93. The zero-order chi connectivity index (χ0) is 14.4. The lowest BCUT2D eigenvalue weighted by molar-refractivity contribution is 0.415. The SMILES string of the molecule is CCCCCCCCn1c(N)nc2cc(OC)ccc21. The molecule has 0 amide bonds. The fourth-order valence-electron chi connectivity index (χ4n) is 2.54. The first kappa shape index (κ1) is 14.7. The van der Waals surface area contributed by atoms with E-state index in [0.717, 1.165) is 29.7 Å². The van der Waals surface area contributed by atoms with E-state index in [0.29, 0.717) is 5.95 Å². The number of nitrogens with two attached hydrogens (primary N) is 1. The van der Waals surface area contributed by atoms with Crippen LogP contribution in [0.15, 0.2) is 18.2 Å². The van der Waals surface area contributed by atoms with Gasteiger partial charge in [-0.3, -0.25) is 0 Å². The van der Waals surface area contributed by atoms with Crippen molar-refractivity contribution in [3.8, 4) is 5.75 Å². The van der Waals surface area contributed by atoms with Crippen LogP contribution in [-0.2, 0) is 6.54 Å². The van der Waals surface area contributed by atoms with E-state index < -0.39 is 0 Å². The van der Waals surface area contributed by atoms with Crippen LogP contribution < -0.4 is 10.5 Å². The average molecular weight is 275 g/mol. The van der Waals surface area contributed by atoms with E-state index in [9.17, 15) is 0 Å². The zero-order valence-electron chi connectivity index (χ0n) is 12.6. The third-order valence-corrected chi connectivity index (χ3v) is 3.72. The minimum Gasteiger partial charge on any atom is -0.497 e. The van der Waals surface area contributed by atoms with E-state index in [4.69, 9.17) is 10.5 Å². The highest BCUT2D eigenvalue weighted by Gasteiger charge is 2.08. The van der Waals surface area contributed by atoms with Gasteiger partial charge in [-0.1, -0.05) is 39.0 Å². The molecule has 0 bridgehead atoms. The summed E-state index contributed by atoms with van der Waals surface area (Å²) in [5.74, 6) is 1.42. The number of methoxy groups -OCH3 is 1. The molecule has 2 rings (SSSR count). The third kappa shape index (κ3) is 3.44. The molecule has 0 atom stereocenters. The van der Waals surface area contributed by atoms with Gasteiger partial charge in [0.25, 0.3) is 0 Å². The van der Waals surface area contributed by atoms with Crippen molar-refractivity contribution in [3.05, 3.63) is 18.2 Å². The van der Waals surface area contributed by atoms with E-state index in [-0.39, 0.29) is 0 Å². The molecule has 1 aromatic carbocycles. The maximum Gasteiger partial charge on any atom is 0.201 e. The maximum atomic E-state index is 6.02. The van der Waals surface area contributed by atoms with Crippen molar-refractivity contribution in [3.63, 3.8) is 0 Å². The zero-order valence-corrected chi connectivity index (χ0v) is 12.6. The van der Waals surface area contributed by atoms with Crippen LogP contribution in [0.25, 0.3) is 11.0 Å². The first-order valence-corrected chi connectivity index (χ1v) is 7.56. The Morgan fingerprint density at radius 2 is 1.90 bits per heavy atom. The largest absolute Gasteiger partial charge is 0.497 e. The number of rotatable bonds is 8. The molecule has 0 aliphatic carbocycles. The van der Waals surface area contributed by atoms with Crippen LogP contribution >= 0.6 is 0 Å². The minimum atomic E-state index is 0.599. The fourth-order valence-corrected chi connectivity index (χ4v) is 2.54. The maximum absolute atomic E-state index is 6.02. The fraction of sp³-hybridized carbons (Fsp3) is 0.562. The summed E-state index contributed by atoms with van der Waals surface area (Å²) < 4.78 is 7.32. The highest BCUT2D eigenvalue weighted by molar-refractivity contribution is 5.79. The number of anilines is 1. The van der Waals surface area contributed by atoms with Crippen molar-refractivity contribution in [2.75, 3.05) is 12.8 Å². The van der Waals surface area contributed by atoms with E-state index in [1.54, 1.807) is 7.11 Å². The molecule has 0 fully saturated rings. The quantitative estimate of drug-likeness (QED) is 0.741. The van der Waals surface area contributed by atoms with Crippen molar-refractivity contribution < 1.29 is 4.74 Å². The van der Waals surface area contributed by atoms with Crippen LogP contribution in [0.2, 0.25) is 0 Å². The molecule has 4 heteroatoms. The molecule has 0 radical (unpaired) electrons. The number of nitrogens with zero attached hydrogens (tertiary/aromatic N) is 2. The molecule has 2 aromatic rings. The van der Waals surface area contributed by atoms with E-state index in [1.165, 1.54) is 32.1 Å². The summed E-state index contributed by atoms with van der Waals surface area (Å²) >= 11 is 0. The van der Waals surface area contributed by atoms with Gasteiger partial charge >= 0.3 is 0 Å². The molecule has 0 saturated carbocycles. The topological polar surface area (TPSA) is 53.1 Å². The van der Waals surface area contributed by atoms with Gasteiger partial charge in [-0.25, -0.2) is 4.98 Å². The van der Waals surface area contributed by atoms with Crippen LogP contribution in [0.5, 0.6) is 5.75 Å². The summed E-state index contributed by atoms with van der Waals surface area (Å²) in [6.45, 7) is 3.19. The Hall–Kier alpha value is -1.71. The van der Waals surface area contributed by atoms with Crippen LogP contribution in [-0.4, -0.2) is 16.7 Å². The molecule has 0 unspecified atom stereocenters. The number of fused-ring (bicyclic) bond motifs is 1. The highest BCUT2D eigenvalue weighted by Crippen LogP contribution is 2.23. The van der Waals surface area contributed by atoms with Gasteiger partial charge < -0.3 is 15.0 Å². The predicted molar refractivity (Wildman–Crippen MR) is 84.1 cm³/mol. The summed E-state index contributed by atoms with van der Waals surface area (Å²) in [5.41, 5.74) is 8.02. The molecule has 0 aliphatic rings. The lowest BCUT2D eigenvalue weighted by Gasteiger charge is -2.06. The van der Waals surface area contributed by atoms with Gasteiger partial charge in [0.05, 0.1) is 18.1 Å². The number of unbranched alkanes of at least 4 members (excludes halogenated alkanes) is 5. The number of hydrogen-bond acceptors (Lipinski definition) is 3. The highest BCUT2D eigenvalue weighted by atomic mass is 16.5. The van der Waals surface area contributed by atoms with Crippen LogP contribution in [0.4, 0.5) is 5.95 Å². The Bertz CT molecular complexity index is 548. The molecule has 110 valence electrons. The summed E-state index contributed by atoms with van der Waals surface area (Å²) in [5, 5.41) is 0. The second-order valence-corrected chi connectivity index (χ2v) is 5.24. The van der Waals surface area contributed by atoms with Crippen LogP contribution in [0.3, 0.4) is 0 Å². The number of aromatic nitrogens is 2. The van der Waals surface area contributed by atoms with Crippen LogP contribution in [0, 0.1) is 0 Å². The summed E-state index contributed by atoms with van der Waals surface area (Å²) in [7, 11) is 1.66. The van der Waals surface area contributed by atoms with Crippen LogP contribution in [0.1, 0.15) is 45.4 Å². The van der Waals surface area contributed by atoms with E-state index >= 15 is 0 Å². The molecule has 2 N–H and O–H groups in total. The molecule has 0 saturated heterocycles. The van der Waals surface area contributed by atoms with Gasteiger partial charge in [0.1, 0.15) is 5.75 Å². The van der Waals surface area contributed by atoms with Gasteiger partial charge in [-0.15, -0.1) is 0 Å². The number of aryl methyl sites for hydroxylation is 1. The second-order valence-electron chi connectivity index (χ2n) is 5.24. The Labute approximate surface area is 120 Å². The smallest absolute Gasteiger partial charge is 0.201 e. The van der Waals surface area contributed by atoms with Gasteiger partial charge in [0, 0.05) is 12.6 Å². The molecular weight excluding hydrogens is 250 g/mol.